The molecule has 0 amide bonds. The third kappa shape index (κ3) is 4.06. The highest BCUT2D eigenvalue weighted by Gasteiger charge is 2.45. The van der Waals surface area contributed by atoms with E-state index in [2.05, 4.69) is 43.3 Å². The number of methoxy groups -OCH3 is 1. The van der Waals surface area contributed by atoms with Gasteiger partial charge in [-0.2, -0.15) is 0 Å². The van der Waals surface area contributed by atoms with Crippen LogP contribution >= 0.6 is 12.4 Å². The van der Waals surface area contributed by atoms with Crippen molar-refractivity contribution >= 4 is 12.4 Å². The molecule has 1 aliphatic carbocycles. The van der Waals surface area contributed by atoms with E-state index in [0.29, 0.717) is 0 Å². The second kappa shape index (κ2) is 8.90. The zero-order valence-electron chi connectivity index (χ0n) is 15.9. The molecule has 1 N–H and O–H groups in total. The minimum Gasteiger partial charge on any atom is -0.497 e. The molecule has 2 aromatic carbocycles. The Balaban J connectivity index is 0.00000243. The van der Waals surface area contributed by atoms with E-state index in [1.165, 1.54) is 12.0 Å². The maximum atomic E-state index is 11.8. The standard InChI is InChI=1S/C22H29NO2.ClH/c1-23(2)21(17-9-5-4-6-10-17)20-11-7-8-16-22(20,24)18-12-14-19(25-3)15-13-18;/h4-6,9-10,12-15,20-21,24H,7-8,11,16H2,1-3H3;1H. The molecule has 1 fully saturated rings. The van der Waals surface area contributed by atoms with Gasteiger partial charge in [-0.3, -0.25) is 0 Å². The summed E-state index contributed by atoms with van der Waals surface area (Å²) >= 11 is 0. The Hall–Kier alpha value is -1.55. The van der Waals surface area contributed by atoms with Gasteiger partial charge in [0.15, 0.2) is 0 Å². The molecule has 3 atom stereocenters. The minimum absolute atomic E-state index is 0. The molecule has 0 aliphatic heterocycles. The van der Waals surface area contributed by atoms with Gasteiger partial charge in [0.1, 0.15) is 5.75 Å². The van der Waals surface area contributed by atoms with Gasteiger partial charge in [-0.1, -0.05) is 55.3 Å². The molecule has 142 valence electrons. The zero-order chi connectivity index (χ0) is 17.9. The summed E-state index contributed by atoms with van der Waals surface area (Å²) in [6, 6.07) is 18.7. The fourth-order valence-corrected chi connectivity index (χ4v) is 4.38. The molecule has 3 unspecified atom stereocenters. The van der Waals surface area contributed by atoms with E-state index in [1.54, 1.807) is 7.11 Å². The molecule has 0 bridgehead atoms. The Kier molecular flexibility index (Phi) is 7.10. The SMILES string of the molecule is COc1ccc(C2(O)CCCCC2C(c2ccccc2)N(C)C)cc1.Cl. The summed E-state index contributed by atoms with van der Waals surface area (Å²) in [4.78, 5) is 2.25. The van der Waals surface area contributed by atoms with Crippen molar-refractivity contribution in [2.75, 3.05) is 21.2 Å². The Labute approximate surface area is 163 Å². The summed E-state index contributed by atoms with van der Waals surface area (Å²) in [6.45, 7) is 0. The van der Waals surface area contributed by atoms with Crippen molar-refractivity contribution in [1.29, 1.82) is 0 Å². The van der Waals surface area contributed by atoms with Crippen LogP contribution in [0.4, 0.5) is 0 Å². The molecule has 0 radical (unpaired) electrons. The number of hydrogen-bond donors (Lipinski definition) is 1. The number of aliphatic hydroxyl groups is 1. The van der Waals surface area contributed by atoms with Crippen molar-refractivity contribution in [1.82, 2.24) is 4.90 Å². The Bertz CT molecular complexity index is 674. The molecular formula is C22H30ClNO2. The van der Waals surface area contributed by atoms with Crippen molar-refractivity contribution in [2.45, 2.75) is 37.3 Å². The van der Waals surface area contributed by atoms with Gasteiger partial charge >= 0.3 is 0 Å². The number of benzene rings is 2. The first-order valence-electron chi connectivity index (χ1n) is 9.14. The van der Waals surface area contributed by atoms with Crippen LogP contribution in [0.25, 0.3) is 0 Å². The monoisotopic (exact) mass is 375 g/mol. The van der Waals surface area contributed by atoms with E-state index in [-0.39, 0.29) is 24.4 Å². The molecule has 26 heavy (non-hydrogen) atoms. The van der Waals surface area contributed by atoms with Crippen LogP contribution in [0.1, 0.15) is 42.9 Å². The summed E-state index contributed by atoms with van der Waals surface area (Å²) in [6.07, 6.45) is 4.07. The van der Waals surface area contributed by atoms with E-state index in [9.17, 15) is 5.11 Å². The predicted molar refractivity (Wildman–Crippen MR) is 109 cm³/mol. The summed E-state index contributed by atoms with van der Waals surface area (Å²) in [5.74, 6) is 0.985. The van der Waals surface area contributed by atoms with Crippen LogP contribution < -0.4 is 4.74 Å². The van der Waals surface area contributed by atoms with Gasteiger partial charge in [0.25, 0.3) is 0 Å². The van der Waals surface area contributed by atoms with Crippen LogP contribution in [0.2, 0.25) is 0 Å². The molecule has 1 aliphatic rings. The molecule has 0 spiro atoms. The molecular weight excluding hydrogens is 346 g/mol. The van der Waals surface area contributed by atoms with Crippen molar-refractivity contribution in [3.05, 3.63) is 65.7 Å². The number of rotatable bonds is 5. The maximum Gasteiger partial charge on any atom is 0.118 e. The summed E-state index contributed by atoms with van der Waals surface area (Å²) in [7, 11) is 5.89. The van der Waals surface area contributed by atoms with E-state index >= 15 is 0 Å². The third-order valence-corrected chi connectivity index (χ3v) is 5.60. The summed E-state index contributed by atoms with van der Waals surface area (Å²) in [5, 5.41) is 11.8. The Morgan fingerprint density at radius 2 is 1.69 bits per heavy atom. The average molecular weight is 376 g/mol. The summed E-state index contributed by atoms with van der Waals surface area (Å²) < 4.78 is 5.28. The van der Waals surface area contributed by atoms with Crippen molar-refractivity contribution < 1.29 is 9.84 Å². The summed E-state index contributed by atoms with van der Waals surface area (Å²) in [5.41, 5.74) is 1.46. The fourth-order valence-electron chi connectivity index (χ4n) is 4.38. The topological polar surface area (TPSA) is 32.7 Å². The molecule has 0 heterocycles. The molecule has 3 nitrogen and oxygen atoms in total. The van der Waals surface area contributed by atoms with E-state index in [1.807, 2.05) is 30.3 Å². The maximum absolute atomic E-state index is 11.8. The first-order chi connectivity index (χ1) is 12.1. The van der Waals surface area contributed by atoms with Gasteiger partial charge in [0.05, 0.1) is 12.7 Å². The molecule has 0 saturated heterocycles. The van der Waals surface area contributed by atoms with Crippen LogP contribution in [0, 0.1) is 5.92 Å². The number of halogens is 1. The van der Waals surface area contributed by atoms with E-state index < -0.39 is 5.60 Å². The lowest BCUT2D eigenvalue weighted by molar-refractivity contribution is -0.0838. The molecule has 3 rings (SSSR count). The van der Waals surface area contributed by atoms with Crippen LogP contribution in [0.15, 0.2) is 54.6 Å². The van der Waals surface area contributed by atoms with Gasteiger partial charge in [-0.25, -0.2) is 0 Å². The Morgan fingerprint density at radius 3 is 2.27 bits per heavy atom. The van der Waals surface area contributed by atoms with Gasteiger partial charge in [0.2, 0.25) is 0 Å². The number of hydrogen-bond acceptors (Lipinski definition) is 3. The van der Waals surface area contributed by atoms with Crippen LogP contribution in [-0.4, -0.2) is 31.2 Å². The highest BCUT2D eigenvalue weighted by Crippen LogP contribution is 2.49. The highest BCUT2D eigenvalue weighted by atomic mass is 35.5. The van der Waals surface area contributed by atoms with E-state index in [0.717, 1.165) is 30.6 Å². The first kappa shape index (κ1) is 20.8. The third-order valence-electron chi connectivity index (χ3n) is 5.60. The number of nitrogens with zero attached hydrogens (tertiary/aromatic N) is 1. The lowest BCUT2D eigenvalue weighted by atomic mass is 9.67. The Morgan fingerprint density at radius 1 is 1.04 bits per heavy atom. The highest BCUT2D eigenvalue weighted by molar-refractivity contribution is 5.85. The quantitative estimate of drug-likeness (QED) is 0.814. The molecule has 0 aromatic heterocycles. The molecule has 2 aromatic rings. The normalized spacial score (nSPS) is 24.0. The van der Waals surface area contributed by atoms with Crippen LogP contribution in [-0.2, 0) is 5.60 Å². The largest absolute Gasteiger partial charge is 0.497 e. The van der Waals surface area contributed by atoms with Gasteiger partial charge < -0.3 is 14.7 Å². The molecule has 1 saturated carbocycles. The van der Waals surface area contributed by atoms with Crippen molar-refractivity contribution in [2.24, 2.45) is 5.92 Å². The lowest BCUT2D eigenvalue weighted by Crippen LogP contribution is -2.45. The minimum atomic E-state index is -0.810. The smallest absolute Gasteiger partial charge is 0.118 e. The van der Waals surface area contributed by atoms with Gasteiger partial charge in [-0.05, 0) is 50.2 Å². The predicted octanol–water partition coefficient (Wildman–Crippen LogP) is 4.80. The fraction of sp³-hybridized carbons (Fsp3) is 0.455. The van der Waals surface area contributed by atoms with Crippen molar-refractivity contribution in [3.8, 4) is 5.75 Å². The van der Waals surface area contributed by atoms with Gasteiger partial charge in [0, 0.05) is 12.0 Å². The van der Waals surface area contributed by atoms with Gasteiger partial charge in [-0.15, -0.1) is 12.4 Å². The molecule has 4 heteroatoms. The zero-order valence-corrected chi connectivity index (χ0v) is 16.7. The second-order valence-corrected chi connectivity index (χ2v) is 7.32. The first-order valence-corrected chi connectivity index (χ1v) is 9.14. The van der Waals surface area contributed by atoms with Crippen LogP contribution in [0.5, 0.6) is 5.75 Å². The average Bonchev–Trinajstić information content (AvgIpc) is 2.64. The van der Waals surface area contributed by atoms with E-state index in [4.69, 9.17) is 4.74 Å². The lowest BCUT2D eigenvalue weighted by Gasteiger charge is -2.46. The second-order valence-electron chi connectivity index (χ2n) is 7.32. The van der Waals surface area contributed by atoms with Crippen LogP contribution in [0.3, 0.4) is 0 Å². The number of ether oxygens (including phenoxy) is 1. The van der Waals surface area contributed by atoms with Crippen molar-refractivity contribution in [3.63, 3.8) is 0 Å².